The molecule has 0 N–H and O–H groups in total. The first-order chi connectivity index (χ1) is 11.3. The Morgan fingerprint density at radius 2 is 1.91 bits per heavy atom. The third-order valence-electron chi connectivity index (χ3n) is 3.75. The maximum absolute atomic E-state index is 12.2. The predicted molar refractivity (Wildman–Crippen MR) is 96.6 cm³/mol. The van der Waals surface area contributed by atoms with Gasteiger partial charge in [-0.2, -0.15) is 4.99 Å². The van der Waals surface area contributed by atoms with Gasteiger partial charge >= 0.3 is 6.03 Å². The molecule has 0 radical (unpaired) electrons. The van der Waals surface area contributed by atoms with E-state index in [-0.39, 0.29) is 6.03 Å². The average Bonchev–Trinajstić information content (AvgIpc) is 3.31. The number of thiophene rings is 2. The molecular formula is C16H15N3OS3. The second-order valence-corrected chi connectivity index (χ2v) is 8.14. The van der Waals surface area contributed by atoms with Crippen molar-refractivity contribution in [3.63, 3.8) is 0 Å². The Bertz CT molecular complexity index is 866. The van der Waals surface area contributed by atoms with E-state index in [0.717, 1.165) is 35.7 Å². The lowest BCUT2D eigenvalue weighted by Crippen LogP contribution is -2.27. The molecule has 1 aliphatic heterocycles. The molecule has 4 heterocycles. The van der Waals surface area contributed by atoms with Crippen LogP contribution in [0.1, 0.15) is 12.8 Å². The molecule has 0 unspecified atom stereocenters. The average molecular weight is 362 g/mol. The molecule has 0 bridgehead atoms. The molecule has 7 heteroatoms. The Hall–Kier alpha value is -1.70. The number of thiazole rings is 1. The van der Waals surface area contributed by atoms with E-state index < -0.39 is 0 Å². The topological polar surface area (TPSA) is 37.6 Å². The van der Waals surface area contributed by atoms with E-state index >= 15 is 0 Å². The van der Waals surface area contributed by atoms with E-state index in [2.05, 4.69) is 34.6 Å². The van der Waals surface area contributed by atoms with Gasteiger partial charge in [-0.25, -0.2) is 4.79 Å². The molecule has 4 rings (SSSR count). The molecule has 118 valence electrons. The molecule has 0 aliphatic carbocycles. The minimum Gasteiger partial charge on any atom is -0.323 e. The van der Waals surface area contributed by atoms with Crippen molar-refractivity contribution in [2.45, 2.75) is 12.8 Å². The normalized spacial score (nSPS) is 15.5. The maximum atomic E-state index is 12.2. The number of rotatable bonds is 2. The molecule has 0 aromatic carbocycles. The van der Waals surface area contributed by atoms with Crippen LogP contribution in [0.25, 0.3) is 14.8 Å². The van der Waals surface area contributed by atoms with Gasteiger partial charge in [-0.3, -0.25) is 4.57 Å². The van der Waals surface area contributed by atoms with Crippen molar-refractivity contribution < 1.29 is 4.79 Å². The van der Waals surface area contributed by atoms with Crippen LogP contribution in [0.5, 0.6) is 0 Å². The molecule has 23 heavy (non-hydrogen) atoms. The molecule has 0 atom stereocenters. The molecule has 3 aromatic rings. The van der Waals surface area contributed by atoms with Crippen LogP contribution in [-0.4, -0.2) is 28.6 Å². The summed E-state index contributed by atoms with van der Waals surface area (Å²) >= 11 is 4.95. The van der Waals surface area contributed by atoms with Gasteiger partial charge in [0.2, 0.25) is 0 Å². The van der Waals surface area contributed by atoms with Crippen molar-refractivity contribution in [1.82, 2.24) is 9.47 Å². The summed E-state index contributed by atoms with van der Waals surface area (Å²) in [5.74, 6) is 0. The standard InChI is InChI=1S/C16H15N3OS3/c20-15(18-7-1-2-8-18)17-16-19(9-11-22-16)14-6-5-13(23-14)12-4-3-10-21-12/h3-6,9-11H,1-2,7-8H2/b17-16-. The fourth-order valence-electron chi connectivity index (χ4n) is 2.59. The Labute approximate surface area is 146 Å². The maximum Gasteiger partial charge on any atom is 0.346 e. The smallest absolute Gasteiger partial charge is 0.323 e. The van der Waals surface area contributed by atoms with E-state index in [4.69, 9.17) is 0 Å². The van der Waals surface area contributed by atoms with Crippen molar-refractivity contribution in [3.05, 3.63) is 46.0 Å². The lowest BCUT2D eigenvalue weighted by molar-refractivity contribution is 0.218. The zero-order chi connectivity index (χ0) is 15.6. The zero-order valence-electron chi connectivity index (χ0n) is 12.3. The first kappa shape index (κ1) is 14.9. The van der Waals surface area contributed by atoms with Gasteiger partial charge in [0.05, 0.1) is 0 Å². The van der Waals surface area contributed by atoms with Crippen LogP contribution >= 0.6 is 34.0 Å². The Morgan fingerprint density at radius 3 is 2.70 bits per heavy atom. The van der Waals surface area contributed by atoms with Crippen LogP contribution in [0.3, 0.4) is 0 Å². The summed E-state index contributed by atoms with van der Waals surface area (Å²) in [6, 6.07) is 8.29. The van der Waals surface area contributed by atoms with Gasteiger partial charge in [0.1, 0.15) is 5.00 Å². The molecule has 1 saturated heterocycles. The van der Waals surface area contributed by atoms with Crippen LogP contribution in [0.2, 0.25) is 0 Å². The summed E-state index contributed by atoms with van der Waals surface area (Å²) in [6.07, 6.45) is 4.15. The number of carbonyl (C=O) groups excluding carboxylic acids is 1. The zero-order valence-corrected chi connectivity index (χ0v) is 14.8. The first-order valence-corrected chi connectivity index (χ1v) is 10.0. The molecule has 0 spiro atoms. The Morgan fingerprint density at radius 1 is 1.04 bits per heavy atom. The number of hydrogen-bond donors (Lipinski definition) is 0. The molecular weight excluding hydrogens is 346 g/mol. The number of hydrogen-bond acceptors (Lipinski definition) is 4. The number of amides is 2. The highest BCUT2D eigenvalue weighted by molar-refractivity contribution is 7.22. The van der Waals surface area contributed by atoms with E-state index in [0.29, 0.717) is 0 Å². The fraction of sp³-hybridized carbons (Fsp3) is 0.250. The van der Waals surface area contributed by atoms with Crippen molar-refractivity contribution >= 4 is 40.0 Å². The van der Waals surface area contributed by atoms with Gasteiger partial charge in [0.15, 0.2) is 4.80 Å². The highest BCUT2D eigenvalue weighted by Gasteiger charge is 2.17. The van der Waals surface area contributed by atoms with Crippen LogP contribution in [-0.2, 0) is 0 Å². The molecule has 3 aromatic heterocycles. The second-order valence-electron chi connectivity index (χ2n) is 5.26. The molecule has 2 amide bonds. The predicted octanol–water partition coefficient (Wildman–Crippen LogP) is 4.45. The minimum atomic E-state index is -0.117. The summed E-state index contributed by atoms with van der Waals surface area (Å²) in [5, 5.41) is 5.14. The number of carbonyl (C=O) groups is 1. The van der Waals surface area contributed by atoms with E-state index in [1.165, 1.54) is 21.1 Å². The third kappa shape index (κ3) is 3.04. The van der Waals surface area contributed by atoms with Gasteiger partial charge in [-0.15, -0.1) is 34.0 Å². The fourth-order valence-corrected chi connectivity index (χ4v) is 5.18. The van der Waals surface area contributed by atoms with Crippen molar-refractivity contribution in [3.8, 4) is 14.8 Å². The van der Waals surface area contributed by atoms with Crippen molar-refractivity contribution in [2.75, 3.05) is 13.1 Å². The minimum absolute atomic E-state index is 0.117. The summed E-state index contributed by atoms with van der Waals surface area (Å²) in [7, 11) is 0. The van der Waals surface area contributed by atoms with E-state index in [1.54, 1.807) is 22.7 Å². The summed E-state index contributed by atoms with van der Waals surface area (Å²) < 4.78 is 2.00. The monoisotopic (exact) mass is 361 g/mol. The van der Waals surface area contributed by atoms with Gasteiger partial charge < -0.3 is 4.90 Å². The largest absolute Gasteiger partial charge is 0.346 e. The van der Waals surface area contributed by atoms with Gasteiger partial charge in [-0.1, -0.05) is 6.07 Å². The summed E-state index contributed by atoms with van der Waals surface area (Å²) in [4.78, 5) is 21.6. The number of urea groups is 1. The lowest BCUT2D eigenvalue weighted by atomic mass is 10.4. The molecule has 4 nitrogen and oxygen atoms in total. The van der Waals surface area contributed by atoms with Crippen LogP contribution in [0.4, 0.5) is 4.79 Å². The molecule has 0 saturated carbocycles. The molecule has 1 aliphatic rings. The Kier molecular flexibility index (Phi) is 4.15. The Balaban J connectivity index is 1.66. The first-order valence-electron chi connectivity index (χ1n) is 7.45. The third-order valence-corrected chi connectivity index (χ3v) is 6.66. The lowest BCUT2D eigenvalue weighted by Gasteiger charge is -2.10. The summed E-state index contributed by atoms with van der Waals surface area (Å²) in [5.41, 5.74) is 0. The highest BCUT2D eigenvalue weighted by atomic mass is 32.1. The van der Waals surface area contributed by atoms with E-state index in [9.17, 15) is 4.79 Å². The number of likely N-dealkylation sites (tertiary alicyclic amines) is 1. The van der Waals surface area contributed by atoms with Crippen LogP contribution in [0, 0.1) is 0 Å². The van der Waals surface area contributed by atoms with Crippen molar-refractivity contribution in [2.24, 2.45) is 4.99 Å². The quantitative estimate of drug-likeness (QED) is 0.665. The highest BCUT2D eigenvalue weighted by Crippen LogP contribution is 2.32. The van der Waals surface area contributed by atoms with Gasteiger partial charge in [0, 0.05) is 34.4 Å². The van der Waals surface area contributed by atoms with Gasteiger partial charge in [0.25, 0.3) is 0 Å². The van der Waals surface area contributed by atoms with Crippen LogP contribution < -0.4 is 4.80 Å². The van der Waals surface area contributed by atoms with Gasteiger partial charge in [-0.05, 0) is 36.4 Å². The second kappa shape index (κ2) is 6.43. The summed E-state index contributed by atoms with van der Waals surface area (Å²) in [6.45, 7) is 1.66. The van der Waals surface area contributed by atoms with E-state index in [1.807, 2.05) is 21.0 Å². The SMILES string of the molecule is O=C(/N=c1\sccn1-c1ccc(-c2cccs2)s1)N1CCCC1. The number of nitrogens with zero attached hydrogens (tertiary/aromatic N) is 3. The van der Waals surface area contributed by atoms with Crippen molar-refractivity contribution in [1.29, 1.82) is 0 Å². The molecule has 1 fully saturated rings. The number of aromatic nitrogens is 1. The van der Waals surface area contributed by atoms with Crippen LogP contribution in [0.15, 0.2) is 46.2 Å².